The number of hydrogen-bond acceptors (Lipinski definition) is 8. The van der Waals surface area contributed by atoms with E-state index in [-0.39, 0.29) is 5.57 Å². The van der Waals surface area contributed by atoms with Gasteiger partial charge in [0.25, 0.3) is 5.91 Å². The molecular formula is C30H24N2O6S. The minimum Gasteiger partial charge on any atom is -0.503 e. The van der Waals surface area contributed by atoms with E-state index in [1.807, 2.05) is 30.3 Å². The van der Waals surface area contributed by atoms with E-state index >= 15 is 0 Å². The molecule has 5 rings (SSSR count). The number of methoxy groups -OCH3 is 1. The van der Waals surface area contributed by atoms with Crippen molar-refractivity contribution in [1.29, 1.82) is 0 Å². The Morgan fingerprint density at radius 3 is 2.21 bits per heavy atom. The molecule has 0 bridgehead atoms. The van der Waals surface area contributed by atoms with Crippen LogP contribution < -0.4 is 14.4 Å². The number of carbonyl (C=O) groups is 3. The van der Waals surface area contributed by atoms with E-state index in [0.29, 0.717) is 38.3 Å². The smallest absolute Gasteiger partial charge is 0.308 e. The molecule has 8 nitrogen and oxygen atoms in total. The summed E-state index contributed by atoms with van der Waals surface area (Å²) in [4.78, 5) is 45.2. The quantitative estimate of drug-likeness (QED) is 0.178. The monoisotopic (exact) mass is 540 g/mol. The van der Waals surface area contributed by atoms with E-state index in [4.69, 9.17) is 9.47 Å². The first-order valence-corrected chi connectivity index (χ1v) is 12.9. The molecule has 196 valence electrons. The largest absolute Gasteiger partial charge is 0.503 e. The number of anilines is 1. The molecule has 4 aromatic rings. The van der Waals surface area contributed by atoms with Crippen molar-refractivity contribution in [1.82, 2.24) is 4.98 Å². The second-order valence-electron chi connectivity index (χ2n) is 8.83. The Kier molecular flexibility index (Phi) is 7.00. The molecule has 3 aromatic carbocycles. The zero-order valence-corrected chi connectivity index (χ0v) is 22.2. The molecule has 1 N–H and O–H groups in total. The minimum absolute atomic E-state index is 0.0533. The summed E-state index contributed by atoms with van der Waals surface area (Å²) in [5.41, 5.74) is 2.33. The van der Waals surface area contributed by atoms with Crippen LogP contribution in [0.3, 0.4) is 0 Å². The highest BCUT2D eigenvalue weighted by atomic mass is 32.1. The third kappa shape index (κ3) is 4.92. The van der Waals surface area contributed by atoms with Crippen molar-refractivity contribution in [3.63, 3.8) is 0 Å². The summed E-state index contributed by atoms with van der Waals surface area (Å²) < 4.78 is 10.4. The van der Waals surface area contributed by atoms with E-state index in [0.717, 1.165) is 5.56 Å². The van der Waals surface area contributed by atoms with Crippen molar-refractivity contribution in [2.45, 2.75) is 19.9 Å². The number of aromatic nitrogens is 1. The fourth-order valence-electron chi connectivity index (χ4n) is 4.48. The molecule has 1 aliphatic heterocycles. The van der Waals surface area contributed by atoms with Gasteiger partial charge in [-0.3, -0.25) is 19.3 Å². The van der Waals surface area contributed by atoms with Gasteiger partial charge < -0.3 is 14.6 Å². The highest BCUT2D eigenvalue weighted by Crippen LogP contribution is 2.44. The Hall–Kier alpha value is -4.76. The van der Waals surface area contributed by atoms with Gasteiger partial charge >= 0.3 is 5.97 Å². The number of benzene rings is 3. The van der Waals surface area contributed by atoms with Gasteiger partial charge in [-0.1, -0.05) is 42.5 Å². The number of amides is 1. The Morgan fingerprint density at radius 1 is 0.949 bits per heavy atom. The van der Waals surface area contributed by atoms with Crippen LogP contribution in [0.1, 0.15) is 33.9 Å². The van der Waals surface area contributed by atoms with E-state index in [9.17, 15) is 19.5 Å². The first kappa shape index (κ1) is 25.9. The Bertz CT molecular complexity index is 1590. The SMILES string of the molecule is COc1ccc(N2C(=O)C(O)=C(C(=O)c3sc(-c4ccccc4)nc3C)C2c2ccc(OC(C)=O)cc2)cc1. The Balaban J connectivity index is 1.60. The molecule has 39 heavy (non-hydrogen) atoms. The summed E-state index contributed by atoms with van der Waals surface area (Å²) in [5, 5.41) is 11.8. The third-order valence-electron chi connectivity index (χ3n) is 6.28. The van der Waals surface area contributed by atoms with Gasteiger partial charge in [-0.25, -0.2) is 4.98 Å². The summed E-state index contributed by atoms with van der Waals surface area (Å²) in [7, 11) is 1.54. The van der Waals surface area contributed by atoms with Gasteiger partial charge in [0.05, 0.1) is 29.3 Å². The molecule has 0 radical (unpaired) electrons. The molecule has 0 saturated carbocycles. The maximum absolute atomic E-state index is 14.0. The van der Waals surface area contributed by atoms with Gasteiger partial charge in [-0.05, 0) is 48.9 Å². The highest BCUT2D eigenvalue weighted by Gasteiger charge is 2.45. The average Bonchev–Trinajstić information content (AvgIpc) is 3.46. The lowest BCUT2D eigenvalue weighted by molar-refractivity contribution is -0.131. The van der Waals surface area contributed by atoms with E-state index in [1.54, 1.807) is 55.5 Å². The lowest BCUT2D eigenvalue weighted by Crippen LogP contribution is -2.31. The molecule has 2 heterocycles. The number of nitrogens with zero attached hydrogens (tertiary/aromatic N) is 2. The van der Waals surface area contributed by atoms with Gasteiger partial charge in [-0.15, -0.1) is 11.3 Å². The predicted octanol–water partition coefficient (Wildman–Crippen LogP) is 5.84. The summed E-state index contributed by atoms with van der Waals surface area (Å²) in [6.45, 7) is 3.03. The standard InChI is InChI=1S/C30H24N2O6S/c1-17-28(39-29(31-17)20-7-5-4-6-8-20)26(34)24-25(19-9-13-23(14-10-19)38-18(2)33)32(30(36)27(24)35)21-11-15-22(37-3)16-12-21/h4-16,25,35H,1-3H3. The van der Waals surface area contributed by atoms with Crippen LogP contribution in [0.4, 0.5) is 5.69 Å². The number of carbonyl (C=O) groups excluding carboxylic acids is 3. The fraction of sp³-hybridized carbons (Fsp3) is 0.133. The first-order valence-electron chi connectivity index (χ1n) is 12.0. The van der Waals surface area contributed by atoms with Crippen LogP contribution in [-0.2, 0) is 9.59 Å². The Labute approximate surface area is 228 Å². The number of aliphatic hydroxyl groups excluding tert-OH is 1. The van der Waals surface area contributed by atoms with Crippen LogP contribution >= 0.6 is 11.3 Å². The number of ether oxygens (including phenoxy) is 2. The number of esters is 1. The minimum atomic E-state index is -0.938. The molecule has 0 saturated heterocycles. The first-order chi connectivity index (χ1) is 18.8. The third-order valence-corrected chi connectivity index (χ3v) is 7.49. The van der Waals surface area contributed by atoms with Gasteiger partial charge in [0.1, 0.15) is 16.5 Å². The van der Waals surface area contributed by atoms with Crippen molar-refractivity contribution in [3.8, 4) is 22.1 Å². The molecule has 1 aromatic heterocycles. The van der Waals surface area contributed by atoms with Crippen LogP contribution in [0, 0.1) is 6.92 Å². The van der Waals surface area contributed by atoms with Gasteiger partial charge in [0, 0.05) is 18.2 Å². The van der Waals surface area contributed by atoms with Crippen molar-refractivity contribution in [3.05, 3.63) is 106 Å². The molecule has 0 fully saturated rings. The van der Waals surface area contributed by atoms with Crippen LogP contribution in [0.2, 0.25) is 0 Å². The molecule has 1 unspecified atom stereocenters. The van der Waals surface area contributed by atoms with E-state index in [1.165, 1.54) is 30.3 Å². The maximum atomic E-state index is 14.0. The summed E-state index contributed by atoms with van der Waals surface area (Å²) >= 11 is 1.21. The van der Waals surface area contributed by atoms with Crippen LogP contribution in [-0.4, -0.2) is 34.9 Å². The normalized spacial score (nSPS) is 15.0. The maximum Gasteiger partial charge on any atom is 0.308 e. The second-order valence-corrected chi connectivity index (χ2v) is 9.83. The number of thiazole rings is 1. The van der Waals surface area contributed by atoms with Crippen molar-refractivity contribution < 1.29 is 29.0 Å². The molecule has 1 atom stereocenters. The summed E-state index contributed by atoms with van der Waals surface area (Å²) in [6.07, 6.45) is 0. The molecule has 1 amide bonds. The van der Waals surface area contributed by atoms with E-state index < -0.39 is 29.5 Å². The average molecular weight is 541 g/mol. The van der Waals surface area contributed by atoms with Crippen LogP contribution in [0.15, 0.2) is 90.2 Å². The lowest BCUT2D eigenvalue weighted by Gasteiger charge is -2.27. The van der Waals surface area contributed by atoms with Gasteiger partial charge in [0.2, 0.25) is 5.78 Å². The number of Topliss-reactive ketones (excluding diaryl/α,β-unsaturated/α-hetero) is 1. The fourth-order valence-corrected chi connectivity index (χ4v) is 5.51. The number of hydrogen-bond donors (Lipinski definition) is 1. The number of aryl methyl sites for hydroxylation is 1. The number of aliphatic hydroxyl groups is 1. The molecule has 1 aliphatic rings. The van der Waals surface area contributed by atoms with Crippen molar-refractivity contribution >= 4 is 34.7 Å². The zero-order valence-electron chi connectivity index (χ0n) is 21.4. The molecule has 0 spiro atoms. The number of ketones is 1. The predicted molar refractivity (Wildman–Crippen MR) is 147 cm³/mol. The molecular weight excluding hydrogens is 516 g/mol. The summed E-state index contributed by atoms with van der Waals surface area (Å²) in [6, 6.07) is 21.8. The second kappa shape index (κ2) is 10.5. The topological polar surface area (TPSA) is 106 Å². The van der Waals surface area contributed by atoms with Crippen LogP contribution in [0.5, 0.6) is 11.5 Å². The zero-order chi connectivity index (χ0) is 27.7. The van der Waals surface area contributed by atoms with Gasteiger partial charge in [0.15, 0.2) is 5.76 Å². The number of rotatable bonds is 7. The molecule has 0 aliphatic carbocycles. The Morgan fingerprint density at radius 2 is 1.59 bits per heavy atom. The van der Waals surface area contributed by atoms with Crippen LogP contribution in [0.25, 0.3) is 10.6 Å². The highest BCUT2D eigenvalue weighted by molar-refractivity contribution is 7.17. The molecule has 9 heteroatoms. The van der Waals surface area contributed by atoms with Crippen molar-refractivity contribution in [2.24, 2.45) is 0 Å². The van der Waals surface area contributed by atoms with E-state index in [2.05, 4.69) is 4.98 Å². The van der Waals surface area contributed by atoms with Crippen molar-refractivity contribution in [2.75, 3.05) is 12.0 Å². The lowest BCUT2D eigenvalue weighted by atomic mass is 9.94. The summed E-state index contributed by atoms with van der Waals surface area (Å²) in [5.74, 6) is -1.37. The van der Waals surface area contributed by atoms with Gasteiger partial charge in [-0.2, -0.15) is 0 Å².